The van der Waals surface area contributed by atoms with Crippen LogP contribution in [0.15, 0.2) is 16.5 Å². The predicted octanol–water partition coefficient (Wildman–Crippen LogP) is 1.12. The number of likely N-dealkylation sites (tertiary alicyclic amines) is 1. The number of nitrogens with two attached hydrogens (primary N) is 1. The van der Waals surface area contributed by atoms with E-state index in [2.05, 4.69) is 4.90 Å². The Labute approximate surface area is 78.5 Å². The van der Waals surface area contributed by atoms with Gasteiger partial charge in [0, 0.05) is 19.1 Å². The zero-order valence-corrected chi connectivity index (χ0v) is 7.99. The standard InChI is InChI=1S/C10H16N2O/c1-8-2-3-10(13-8)7-12-5-4-9(11)6-12/h2-3,9H,4-7,11H2,1H3. The van der Waals surface area contributed by atoms with Crippen molar-refractivity contribution in [1.82, 2.24) is 4.90 Å². The Bertz CT molecular complexity index is 282. The fourth-order valence-corrected chi connectivity index (χ4v) is 1.80. The van der Waals surface area contributed by atoms with Gasteiger partial charge in [-0.2, -0.15) is 0 Å². The number of hydrogen-bond acceptors (Lipinski definition) is 3. The molecule has 72 valence electrons. The van der Waals surface area contributed by atoms with Gasteiger partial charge < -0.3 is 10.2 Å². The van der Waals surface area contributed by atoms with Crippen molar-refractivity contribution in [3.63, 3.8) is 0 Å². The second-order valence-electron chi connectivity index (χ2n) is 3.80. The van der Waals surface area contributed by atoms with Gasteiger partial charge in [-0.3, -0.25) is 4.90 Å². The molecule has 0 radical (unpaired) electrons. The monoisotopic (exact) mass is 180 g/mol. The number of hydrogen-bond donors (Lipinski definition) is 1. The highest BCUT2D eigenvalue weighted by atomic mass is 16.3. The molecule has 0 amide bonds. The lowest BCUT2D eigenvalue weighted by atomic mass is 10.3. The van der Waals surface area contributed by atoms with Crippen LogP contribution in [0.2, 0.25) is 0 Å². The molecule has 2 rings (SSSR count). The first-order chi connectivity index (χ1) is 6.24. The largest absolute Gasteiger partial charge is 0.465 e. The molecule has 1 saturated heterocycles. The lowest BCUT2D eigenvalue weighted by molar-refractivity contribution is 0.291. The first kappa shape index (κ1) is 8.78. The van der Waals surface area contributed by atoms with Crippen LogP contribution in [-0.4, -0.2) is 24.0 Å². The summed E-state index contributed by atoms with van der Waals surface area (Å²) in [5, 5.41) is 0. The lowest BCUT2D eigenvalue weighted by Gasteiger charge is -2.12. The number of aryl methyl sites for hydroxylation is 1. The average Bonchev–Trinajstić information content (AvgIpc) is 2.62. The summed E-state index contributed by atoms with van der Waals surface area (Å²) in [6.45, 7) is 4.97. The third-order valence-electron chi connectivity index (χ3n) is 2.48. The van der Waals surface area contributed by atoms with Crippen LogP contribution in [0.5, 0.6) is 0 Å². The Morgan fingerprint density at radius 1 is 1.62 bits per heavy atom. The van der Waals surface area contributed by atoms with Crippen LogP contribution in [0.4, 0.5) is 0 Å². The molecule has 1 aromatic rings. The molecule has 3 heteroatoms. The minimum Gasteiger partial charge on any atom is -0.465 e. The minimum absolute atomic E-state index is 0.357. The van der Waals surface area contributed by atoms with Crippen molar-refractivity contribution in [2.45, 2.75) is 25.9 Å². The Kier molecular flexibility index (Phi) is 2.38. The smallest absolute Gasteiger partial charge is 0.118 e. The third-order valence-corrected chi connectivity index (χ3v) is 2.48. The van der Waals surface area contributed by atoms with Gasteiger partial charge in [-0.25, -0.2) is 0 Å². The van der Waals surface area contributed by atoms with Crippen LogP contribution in [0.1, 0.15) is 17.9 Å². The highest BCUT2D eigenvalue weighted by molar-refractivity contribution is 5.05. The van der Waals surface area contributed by atoms with Gasteiger partial charge in [0.2, 0.25) is 0 Å². The van der Waals surface area contributed by atoms with E-state index >= 15 is 0 Å². The summed E-state index contributed by atoms with van der Waals surface area (Å²) < 4.78 is 5.50. The van der Waals surface area contributed by atoms with Crippen LogP contribution >= 0.6 is 0 Å². The molecular weight excluding hydrogens is 164 g/mol. The van der Waals surface area contributed by atoms with Gasteiger partial charge in [-0.05, 0) is 25.5 Å². The molecule has 1 aromatic heterocycles. The van der Waals surface area contributed by atoms with Gasteiger partial charge in [-0.1, -0.05) is 0 Å². The molecule has 1 aliphatic rings. The van der Waals surface area contributed by atoms with Gasteiger partial charge in [0.25, 0.3) is 0 Å². The van der Waals surface area contributed by atoms with Crippen molar-refractivity contribution in [1.29, 1.82) is 0 Å². The van der Waals surface area contributed by atoms with Gasteiger partial charge in [0.15, 0.2) is 0 Å². The van der Waals surface area contributed by atoms with E-state index in [-0.39, 0.29) is 0 Å². The van der Waals surface area contributed by atoms with Crippen molar-refractivity contribution < 1.29 is 4.42 Å². The molecule has 1 fully saturated rings. The fraction of sp³-hybridized carbons (Fsp3) is 0.600. The van der Waals surface area contributed by atoms with E-state index in [1.807, 2.05) is 19.1 Å². The van der Waals surface area contributed by atoms with E-state index in [1.54, 1.807) is 0 Å². The summed E-state index contributed by atoms with van der Waals surface area (Å²) in [6.07, 6.45) is 1.11. The third kappa shape index (κ3) is 2.11. The zero-order valence-electron chi connectivity index (χ0n) is 7.99. The van der Waals surface area contributed by atoms with Gasteiger partial charge >= 0.3 is 0 Å². The summed E-state index contributed by atoms with van der Waals surface area (Å²) in [6, 6.07) is 4.40. The molecule has 0 aromatic carbocycles. The lowest BCUT2D eigenvalue weighted by Crippen LogP contribution is -2.26. The SMILES string of the molecule is Cc1ccc(CN2CCC(N)C2)o1. The van der Waals surface area contributed by atoms with Crippen LogP contribution in [0.3, 0.4) is 0 Å². The van der Waals surface area contributed by atoms with Gasteiger partial charge in [0.05, 0.1) is 6.54 Å². The average molecular weight is 180 g/mol. The van der Waals surface area contributed by atoms with Crippen molar-refractivity contribution >= 4 is 0 Å². The van der Waals surface area contributed by atoms with Crippen molar-refractivity contribution in [3.05, 3.63) is 23.7 Å². The van der Waals surface area contributed by atoms with E-state index in [0.717, 1.165) is 37.6 Å². The van der Waals surface area contributed by atoms with Gasteiger partial charge in [0.1, 0.15) is 11.5 Å². The number of nitrogens with zero attached hydrogens (tertiary/aromatic N) is 1. The normalized spacial score (nSPS) is 24.0. The Hall–Kier alpha value is -0.800. The molecule has 13 heavy (non-hydrogen) atoms. The highest BCUT2D eigenvalue weighted by Gasteiger charge is 2.19. The molecule has 0 aliphatic carbocycles. The van der Waals surface area contributed by atoms with Crippen LogP contribution in [0.25, 0.3) is 0 Å². The maximum atomic E-state index is 5.81. The van der Waals surface area contributed by atoms with Crippen molar-refractivity contribution in [2.24, 2.45) is 5.73 Å². The maximum Gasteiger partial charge on any atom is 0.118 e. The number of furan rings is 1. The zero-order chi connectivity index (χ0) is 9.26. The molecule has 1 aliphatic heterocycles. The molecule has 1 unspecified atom stereocenters. The molecule has 2 heterocycles. The minimum atomic E-state index is 0.357. The summed E-state index contributed by atoms with van der Waals surface area (Å²) in [5.41, 5.74) is 5.81. The van der Waals surface area contributed by atoms with E-state index in [9.17, 15) is 0 Å². The first-order valence-electron chi connectivity index (χ1n) is 4.77. The Balaban J connectivity index is 1.91. The van der Waals surface area contributed by atoms with Crippen LogP contribution < -0.4 is 5.73 Å². The van der Waals surface area contributed by atoms with E-state index < -0.39 is 0 Å². The molecule has 3 nitrogen and oxygen atoms in total. The summed E-state index contributed by atoms with van der Waals surface area (Å²) >= 11 is 0. The predicted molar refractivity (Wildman–Crippen MR) is 51.3 cm³/mol. The van der Waals surface area contributed by atoms with E-state index in [0.29, 0.717) is 6.04 Å². The topological polar surface area (TPSA) is 42.4 Å². The summed E-state index contributed by atoms with van der Waals surface area (Å²) in [5.74, 6) is 2.03. The van der Waals surface area contributed by atoms with Crippen LogP contribution in [0, 0.1) is 6.92 Å². The Morgan fingerprint density at radius 2 is 2.46 bits per heavy atom. The molecule has 0 spiro atoms. The summed E-state index contributed by atoms with van der Waals surface area (Å²) in [7, 11) is 0. The van der Waals surface area contributed by atoms with Crippen LogP contribution in [-0.2, 0) is 6.54 Å². The van der Waals surface area contributed by atoms with Gasteiger partial charge in [-0.15, -0.1) is 0 Å². The van der Waals surface area contributed by atoms with Crippen molar-refractivity contribution in [3.8, 4) is 0 Å². The molecule has 0 bridgehead atoms. The molecular formula is C10H16N2O. The van der Waals surface area contributed by atoms with E-state index in [4.69, 9.17) is 10.2 Å². The second kappa shape index (κ2) is 3.52. The quantitative estimate of drug-likeness (QED) is 0.741. The molecule has 0 saturated carbocycles. The van der Waals surface area contributed by atoms with Crippen molar-refractivity contribution in [2.75, 3.05) is 13.1 Å². The fourth-order valence-electron chi connectivity index (χ4n) is 1.80. The first-order valence-corrected chi connectivity index (χ1v) is 4.77. The number of rotatable bonds is 2. The molecule has 1 atom stereocenters. The highest BCUT2D eigenvalue weighted by Crippen LogP contribution is 2.13. The summed E-state index contributed by atoms with van der Waals surface area (Å²) in [4.78, 5) is 2.34. The molecule has 2 N–H and O–H groups in total. The second-order valence-corrected chi connectivity index (χ2v) is 3.80. The Morgan fingerprint density at radius 3 is 3.00 bits per heavy atom. The van der Waals surface area contributed by atoms with E-state index in [1.165, 1.54) is 0 Å². The maximum absolute atomic E-state index is 5.81.